The summed E-state index contributed by atoms with van der Waals surface area (Å²) in [6.07, 6.45) is 2.32. The molecule has 0 aliphatic heterocycles. The number of anilines is 1. The summed E-state index contributed by atoms with van der Waals surface area (Å²) in [4.78, 5) is 11.0. The number of carbonyl (C=O) groups excluding carboxylic acids is 1. The molecule has 3 heteroatoms. The van der Waals surface area contributed by atoms with Crippen LogP contribution in [0.5, 0.6) is 0 Å². The van der Waals surface area contributed by atoms with Crippen LogP contribution in [0.3, 0.4) is 0 Å². The highest BCUT2D eigenvalue weighted by Crippen LogP contribution is 2.29. The number of benzene rings is 1. The summed E-state index contributed by atoms with van der Waals surface area (Å²) in [5.41, 5.74) is 3.91. The number of rotatable bonds is 3. The van der Waals surface area contributed by atoms with Crippen LogP contribution in [-0.2, 0) is 4.79 Å². The minimum Gasteiger partial charge on any atom is -0.283 e. The van der Waals surface area contributed by atoms with E-state index in [1.54, 1.807) is 6.92 Å². The lowest BCUT2D eigenvalue weighted by molar-refractivity contribution is -0.119. The van der Waals surface area contributed by atoms with E-state index in [1.807, 2.05) is 35.3 Å². The molecule has 0 atom stereocenters. The molecule has 14 heavy (non-hydrogen) atoms. The van der Waals surface area contributed by atoms with E-state index in [-0.39, 0.29) is 5.91 Å². The van der Waals surface area contributed by atoms with Crippen molar-refractivity contribution < 1.29 is 4.79 Å². The van der Waals surface area contributed by atoms with E-state index >= 15 is 0 Å². The molecule has 3 nitrogen and oxygen atoms in total. The summed E-state index contributed by atoms with van der Waals surface area (Å²) >= 11 is 0. The summed E-state index contributed by atoms with van der Waals surface area (Å²) in [5.74, 6) is -0.0132. The molecule has 2 rings (SSSR count). The van der Waals surface area contributed by atoms with E-state index in [2.05, 4.69) is 5.43 Å². The number of para-hydroxylation sites is 1. The molecule has 0 radical (unpaired) electrons. The van der Waals surface area contributed by atoms with Crippen LogP contribution in [0.1, 0.15) is 19.8 Å². The van der Waals surface area contributed by atoms with Crippen molar-refractivity contribution in [3.63, 3.8) is 0 Å². The Morgan fingerprint density at radius 1 is 1.36 bits per heavy atom. The van der Waals surface area contributed by atoms with Gasteiger partial charge in [-0.2, -0.15) is 0 Å². The highest BCUT2D eigenvalue weighted by Gasteiger charge is 2.29. The molecule has 1 saturated carbocycles. The van der Waals surface area contributed by atoms with Crippen LogP contribution in [0.15, 0.2) is 30.3 Å². The zero-order chi connectivity index (χ0) is 9.97. The molecule has 1 fully saturated rings. The van der Waals surface area contributed by atoms with E-state index in [4.69, 9.17) is 0 Å². The number of amides is 1. The molecule has 1 aliphatic carbocycles. The highest BCUT2D eigenvalue weighted by molar-refractivity contribution is 5.75. The lowest BCUT2D eigenvalue weighted by atomic mass is 10.3. The van der Waals surface area contributed by atoms with Crippen LogP contribution < -0.4 is 10.4 Å². The summed E-state index contributed by atoms with van der Waals surface area (Å²) in [6, 6.07) is 10.4. The fourth-order valence-corrected chi connectivity index (χ4v) is 1.46. The van der Waals surface area contributed by atoms with Gasteiger partial charge in [-0.3, -0.25) is 15.2 Å². The molecule has 0 bridgehead atoms. The van der Waals surface area contributed by atoms with Crippen LogP contribution in [0.2, 0.25) is 0 Å². The average Bonchev–Trinajstić information content (AvgIpc) is 2.99. The predicted molar refractivity (Wildman–Crippen MR) is 55.8 cm³/mol. The van der Waals surface area contributed by atoms with Gasteiger partial charge in [0.15, 0.2) is 0 Å². The fraction of sp³-hybridized carbons (Fsp3) is 0.364. The number of hydrazine groups is 1. The molecule has 0 spiro atoms. The van der Waals surface area contributed by atoms with E-state index in [0.29, 0.717) is 6.04 Å². The lowest BCUT2D eigenvalue weighted by Crippen LogP contribution is -2.42. The van der Waals surface area contributed by atoms with Crippen molar-refractivity contribution in [2.24, 2.45) is 0 Å². The van der Waals surface area contributed by atoms with Crippen molar-refractivity contribution in [1.29, 1.82) is 0 Å². The van der Waals surface area contributed by atoms with Crippen molar-refractivity contribution in [1.82, 2.24) is 5.43 Å². The van der Waals surface area contributed by atoms with Crippen molar-refractivity contribution in [2.45, 2.75) is 25.8 Å². The number of hydrogen-bond donors (Lipinski definition) is 1. The molecule has 1 aliphatic rings. The molecule has 0 aromatic heterocycles. The van der Waals surface area contributed by atoms with Gasteiger partial charge in [0.25, 0.3) is 0 Å². The van der Waals surface area contributed by atoms with E-state index in [0.717, 1.165) is 18.5 Å². The Morgan fingerprint density at radius 2 is 2.00 bits per heavy atom. The van der Waals surface area contributed by atoms with Crippen molar-refractivity contribution in [3.05, 3.63) is 30.3 Å². The van der Waals surface area contributed by atoms with Gasteiger partial charge in [0.1, 0.15) is 0 Å². The summed E-state index contributed by atoms with van der Waals surface area (Å²) in [6.45, 7) is 1.54. The van der Waals surface area contributed by atoms with Crippen LogP contribution in [0.4, 0.5) is 5.69 Å². The summed E-state index contributed by atoms with van der Waals surface area (Å²) in [5, 5.41) is 1.96. The Morgan fingerprint density at radius 3 is 2.50 bits per heavy atom. The Labute approximate surface area is 83.7 Å². The van der Waals surface area contributed by atoms with Gasteiger partial charge < -0.3 is 0 Å². The number of nitrogens with zero attached hydrogens (tertiary/aromatic N) is 1. The first-order valence-electron chi connectivity index (χ1n) is 4.89. The van der Waals surface area contributed by atoms with Crippen LogP contribution in [0.25, 0.3) is 0 Å². The normalized spacial score (nSPS) is 14.9. The van der Waals surface area contributed by atoms with Crippen molar-refractivity contribution in [3.8, 4) is 0 Å². The van der Waals surface area contributed by atoms with Gasteiger partial charge in [-0.1, -0.05) is 18.2 Å². The van der Waals surface area contributed by atoms with Gasteiger partial charge >= 0.3 is 0 Å². The van der Waals surface area contributed by atoms with Gasteiger partial charge in [0.05, 0.1) is 11.7 Å². The van der Waals surface area contributed by atoms with E-state index < -0.39 is 0 Å². The number of hydrogen-bond acceptors (Lipinski definition) is 2. The van der Waals surface area contributed by atoms with Crippen LogP contribution in [-0.4, -0.2) is 11.9 Å². The molecular formula is C11H14N2O. The SMILES string of the molecule is CC(=O)NN(c1ccccc1)C1CC1. The molecule has 1 N–H and O–H groups in total. The molecule has 0 unspecified atom stereocenters. The molecular weight excluding hydrogens is 176 g/mol. The Balaban J connectivity index is 2.14. The fourth-order valence-electron chi connectivity index (χ4n) is 1.46. The van der Waals surface area contributed by atoms with Crippen LogP contribution in [0, 0.1) is 0 Å². The standard InChI is InChI=1S/C11H14N2O/c1-9(14)12-13(11-7-8-11)10-5-3-2-4-6-10/h2-6,11H,7-8H2,1H3,(H,12,14). The molecule has 0 heterocycles. The summed E-state index contributed by atoms with van der Waals surface area (Å²) in [7, 11) is 0. The monoisotopic (exact) mass is 190 g/mol. The first-order chi connectivity index (χ1) is 6.77. The Hall–Kier alpha value is -1.51. The smallest absolute Gasteiger partial charge is 0.235 e. The third-order valence-electron chi connectivity index (χ3n) is 2.22. The van der Waals surface area contributed by atoms with Crippen molar-refractivity contribution in [2.75, 3.05) is 5.01 Å². The van der Waals surface area contributed by atoms with Crippen molar-refractivity contribution >= 4 is 11.6 Å². The van der Waals surface area contributed by atoms with Crippen LogP contribution >= 0.6 is 0 Å². The minimum atomic E-state index is -0.0132. The van der Waals surface area contributed by atoms with Gasteiger partial charge in [0, 0.05) is 6.92 Å². The lowest BCUT2D eigenvalue weighted by Gasteiger charge is -2.24. The second-order valence-electron chi connectivity index (χ2n) is 3.60. The molecule has 1 amide bonds. The second kappa shape index (κ2) is 3.70. The zero-order valence-electron chi connectivity index (χ0n) is 8.23. The maximum Gasteiger partial charge on any atom is 0.235 e. The summed E-state index contributed by atoms with van der Waals surface area (Å²) < 4.78 is 0. The Kier molecular flexibility index (Phi) is 2.39. The molecule has 1 aromatic rings. The molecule has 1 aromatic carbocycles. The minimum absolute atomic E-state index is 0.0132. The van der Waals surface area contributed by atoms with Gasteiger partial charge in [-0.05, 0) is 25.0 Å². The first-order valence-corrected chi connectivity index (χ1v) is 4.89. The molecule has 0 saturated heterocycles. The quantitative estimate of drug-likeness (QED) is 0.736. The largest absolute Gasteiger partial charge is 0.283 e. The maximum atomic E-state index is 11.0. The molecule has 74 valence electrons. The van der Waals surface area contributed by atoms with Gasteiger partial charge in [-0.15, -0.1) is 0 Å². The number of carbonyl (C=O) groups is 1. The Bertz CT molecular complexity index is 319. The van der Waals surface area contributed by atoms with Gasteiger partial charge in [0.2, 0.25) is 5.91 Å². The third-order valence-corrected chi connectivity index (χ3v) is 2.22. The van der Waals surface area contributed by atoms with E-state index in [1.165, 1.54) is 0 Å². The number of nitrogens with one attached hydrogen (secondary N) is 1. The highest BCUT2D eigenvalue weighted by atomic mass is 16.2. The average molecular weight is 190 g/mol. The second-order valence-corrected chi connectivity index (χ2v) is 3.60. The first kappa shape index (κ1) is 9.06. The third kappa shape index (κ3) is 2.05. The van der Waals surface area contributed by atoms with Gasteiger partial charge in [-0.25, -0.2) is 0 Å². The predicted octanol–water partition coefficient (Wildman–Crippen LogP) is 1.71. The van der Waals surface area contributed by atoms with E-state index in [9.17, 15) is 4.79 Å². The topological polar surface area (TPSA) is 32.3 Å². The maximum absolute atomic E-state index is 11.0. The zero-order valence-corrected chi connectivity index (χ0v) is 8.23.